The Bertz CT molecular complexity index is 574. The van der Waals surface area contributed by atoms with Crippen LogP contribution in [-0.2, 0) is 12.8 Å². The Morgan fingerprint density at radius 2 is 2.44 bits per heavy atom. The largest absolute Gasteiger partial charge is 0.347 e. The summed E-state index contributed by atoms with van der Waals surface area (Å²) in [6, 6.07) is 0.0987. The van der Waals surface area contributed by atoms with E-state index < -0.39 is 0 Å². The number of carbonyl (C=O) groups excluding carboxylic acids is 1. The van der Waals surface area contributed by atoms with Crippen molar-refractivity contribution in [2.75, 3.05) is 0 Å². The van der Waals surface area contributed by atoms with E-state index in [0.717, 1.165) is 25.0 Å². The summed E-state index contributed by atoms with van der Waals surface area (Å²) >= 11 is 0. The van der Waals surface area contributed by atoms with Crippen LogP contribution in [0.4, 0.5) is 0 Å². The van der Waals surface area contributed by atoms with Gasteiger partial charge in [-0.05, 0) is 30.5 Å². The Morgan fingerprint density at radius 3 is 3.22 bits per heavy atom. The number of aromatic nitrogens is 4. The van der Waals surface area contributed by atoms with E-state index in [0.29, 0.717) is 5.69 Å². The zero-order valence-corrected chi connectivity index (χ0v) is 9.93. The number of carbonyl (C=O) groups is 1. The maximum Gasteiger partial charge on any atom is 0.275 e. The van der Waals surface area contributed by atoms with E-state index in [2.05, 4.69) is 30.5 Å². The molecule has 0 aliphatic heterocycles. The summed E-state index contributed by atoms with van der Waals surface area (Å²) in [6.45, 7) is 1.69. The van der Waals surface area contributed by atoms with Crippen molar-refractivity contribution in [2.45, 2.75) is 32.2 Å². The monoisotopic (exact) mass is 247 g/mol. The predicted octanol–water partition coefficient (Wildman–Crippen LogP) is 0.388. The third-order valence-corrected chi connectivity index (χ3v) is 3.22. The molecule has 2 aromatic heterocycles. The number of aryl methyl sites for hydroxylation is 2. The molecule has 0 radical (unpaired) electrons. The van der Waals surface area contributed by atoms with Crippen LogP contribution in [-0.4, -0.2) is 32.5 Å². The van der Waals surface area contributed by atoms with Crippen LogP contribution in [0.15, 0.2) is 10.8 Å². The number of hydrogen-bond acceptors (Lipinski definition) is 5. The number of amides is 1. The van der Waals surface area contributed by atoms with Gasteiger partial charge < -0.3 is 5.32 Å². The van der Waals surface area contributed by atoms with Gasteiger partial charge in [0.05, 0.1) is 6.20 Å². The standard InChI is InChI=1S/C11H13N5O2/c1-6-10(16-18-15-6)11(17)13-8-3-2-7-5-12-14-9(7)4-8/h5,8H,2-4H2,1H3,(H,12,14)(H,13,17). The minimum Gasteiger partial charge on any atom is -0.347 e. The molecule has 2 N–H and O–H groups in total. The van der Waals surface area contributed by atoms with Crippen LogP contribution < -0.4 is 5.32 Å². The molecule has 1 aliphatic carbocycles. The van der Waals surface area contributed by atoms with Gasteiger partial charge in [-0.2, -0.15) is 5.10 Å². The minimum absolute atomic E-state index is 0.0987. The van der Waals surface area contributed by atoms with Crippen LogP contribution in [0.5, 0.6) is 0 Å². The van der Waals surface area contributed by atoms with Gasteiger partial charge in [-0.25, -0.2) is 4.63 Å². The summed E-state index contributed by atoms with van der Waals surface area (Å²) in [5.74, 6) is -0.235. The molecule has 1 aliphatic rings. The van der Waals surface area contributed by atoms with Crippen molar-refractivity contribution in [3.8, 4) is 0 Å². The second-order valence-corrected chi connectivity index (χ2v) is 4.49. The van der Waals surface area contributed by atoms with E-state index in [1.807, 2.05) is 6.20 Å². The quantitative estimate of drug-likeness (QED) is 0.800. The molecule has 0 saturated carbocycles. The fourth-order valence-corrected chi connectivity index (χ4v) is 2.22. The van der Waals surface area contributed by atoms with Crippen LogP contribution in [0.25, 0.3) is 0 Å². The summed E-state index contributed by atoms with van der Waals surface area (Å²) in [5, 5.41) is 17.1. The highest BCUT2D eigenvalue weighted by molar-refractivity contribution is 5.93. The van der Waals surface area contributed by atoms with Gasteiger partial charge in [-0.1, -0.05) is 5.16 Å². The average molecular weight is 247 g/mol. The smallest absolute Gasteiger partial charge is 0.275 e. The number of nitrogens with zero attached hydrogens (tertiary/aromatic N) is 3. The Labute approximate surface area is 103 Å². The van der Waals surface area contributed by atoms with Crippen molar-refractivity contribution < 1.29 is 9.42 Å². The van der Waals surface area contributed by atoms with E-state index in [1.165, 1.54) is 5.56 Å². The lowest BCUT2D eigenvalue weighted by molar-refractivity contribution is 0.0923. The van der Waals surface area contributed by atoms with Gasteiger partial charge in [0.2, 0.25) is 0 Å². The molecule has 0 spiro atoms. The van der Waals surface area contributed by atoms with Crippen molar-refractivity contribution in [1.29, 1.82) is 0 Å². The van der Waals surface area contributed by atoms with Gasteiger partial charge in [-0.15, -0.1) is 0 Å². The van der Waals surface area contributed by atoms with Crippen LogP contribution in [0, 0.1) is 6.92 Å². The number of hydrogen-bond donors (Lipinski definition) is 2. The average Bonchev–Trinajstić information content (AvgIpc) is 2.96. The van der Waals surface area contributed by atoms with Gasteiger partial charge in [0.1, 0.15) is 5.69 Å². The number of nitrogens with one attached hydrogen (secondary N) is 2. The Hall–Kier alpha value is -2.18. The first-order chi connectivity index (χ1) is 8.74. The second kappa shape index (κ2) is 4.25. The van der Waals surface area contributed by atoms with E-state index in [-0.39, 0.29) is 17.6 Å². The summed E-state index contributed by atoms with van der Waals surface area (Å²) in [7, 11) is 0. The molecule has 2 aromatic rings. The SMILES string of the molecule is Cc1nonc1C(=O)NC1CCc2cn[nH]c2C1. The molecule has 2 heterocycles. The molecule has 0 fully saturated rings. The van der Waals surface area contributed by atoms with Gasteiger partial charge in [0.25, 0.3) is 5.91 Å². The molecule has 18 heavy (non-hydrogen) atoms. The fourth-order valence-electron chi connectivity index (χ4n) is 2.22. The lowest BCUT2D eigenvalue weighted by atomic mass is 9.93. The van der Waals surface area contributed by atoms with Crippen LogP contribution in [0.2, 0.25) is 0 Å². The molecule has 0 saturated heterocycles. The van der Waals surface area contributed by atoms with Gasteiger partial charge in [0, 0.05) is 18.2 Å². The van der Waals surface area contributed by atoms with Crippen molar-refractivity contribution in [2.24, 2.45) is 0 Å². The Kier molecular flexibility index (Phi) is 2.58. The minimum atomic E-state index is -0.235. The highest BCUT2D eigenvalue weighted by Crippen LogP contribution is 2.19. The molecular weight excluding hydrogens is 234 g/mol. The lowest BCUT2D eigenvalue weighted by Crippen LogP contribution is -2.39. The van der Waals surface area contributed by atoms with E-state index >= 15 is 0 Å². The summed E-state index contributed by atoms with van der Waals surface area (Å²) < 4.78 is 4.52. The topological polar surface area (TPSA) is 96.7 Å². The molecule has 1 atom stereocenters. The molecule has 1 unspecified atom stereocenters. The Morgan fingerprint density at radius 1 is 1.56 bits per heavy atom. The number of rotatable bonds is 2. The lowest BCUT2D eigenvalue weighted by Gasteiger charge is -2.22. The van der Waals surface area contributed by atoms with Gasteiger partial charge in [0.15, 0.2) is 5.69 Å². The summed E-state index contributed by atoms with van der Waals surface area (Å²) in [4.78, 5) is 11.9. The van der Waals surface area contributed by atoms with Crippen LogP contribution in [0.3, 0.4) is 0 Å². The Balaban J connectivity index is 1.68. The molecule has 3 rings (SSSR count). The summed E-state index contributed by atoms with van der Waals surface area (Å²) in [6.07, 6.45) is 4.44. The normalized spacial score (nSPS) is 18.4. The second-order valence-electron chi connectivity index (χ2n) is 4.49. The van der Waals surface area contributed by atoms with Crippen LogP contribution in [0.1, 0.15) is 33.9 Å². The predicted molar refractivity (Wildman–Crippen MR) is 60.9 cm³/mol. The third kappa shape index (κ3) is 1.87. The molecule has 94 valence electrons. The zero-order valence-electron chi connectivity index (χ0n) is 9.93. The van der Waals surface area contributed by atoms with Crippen molar-refractivity contribution in [3.05, 3.63) is 28.8 Å². The maximum atomic E-state index is 11.9. The van der Waals surface area contributed by atoms with Crippen molar-refractivity contribution >= 4 is 5.91 Å². The molecule has 0 bridgehead atoms. The van der Waals surface area contributed by atoms with Crippen LogP contribution >= 0.6 is 0 Å². The molecule has 7 heteroatoms. The van der Waals surface area contributed by atoms with Crippen molar-refractivity contribution in [1.82, 2.24) is 25.8 Å². The highest BCUT2D eigenvalue weighted by atomic mass is 16.6. The fraction of sp³-hybridized carbons (Fsp3) is 0.455. The molecule has 0 aromatic carbocycles. The van der Waals surface area contributed by atoms with Gasteiger partial charge in [-0.3, -0.25) is 9.89 Å². The third-order valence-electron chi connectivity index (χ3n) is 3.22. The number of H-pyrrole nitrogens is 1. The number of fused-ring (bicyclic) bond motifs is 1. The van der Waals surface area contributed by atoms with Crippen molar-refractivity contribution in [3.63, 3.8) is 0 Å². The van der Waals surface area contributed by atoms with E-state index in [1.54, 1.807) is 6.92 Å². The molecule has 1 amide bonds. The van der Waals surface area contributed by atoms with E-state index in [9.17, 15) is 4.79 Å². The first-order valence-corrected chi connectivity index (χ1v) is 5.85. The first-order valence-electron chi connectivity index (χ1n) is 5.85. The van der Waals surface area contributed by atoms with Gasteiger partial charge >= 0.3 is 0 Å². The number of aromatic amines is 1. The maximum absolute atomic E-state index is 11.9. The first kappa shape index (κ1) is 10.9. The molecular formula is C11H13N5O2. The summed E-state index contributed by atoms with van der Waals surface area (Å²) in [5.41, 5.74) is 3.09. The molecule has 7 nitrogen and oxygen atoms in total. The van der Waals surface area contributed by atoms with E-state index in [4.69, 9.17) is 0 Å². The highest BCUT2D eigenvalue weighted by Gasteiger charge is 2.24. The zero-order chi connectivity index (χ0) is 12.5.